The minimum atomic E-state index is -5.06. The first-order chi connectivity index (χ1) is 15.2. The van der Waals surface area contributed by atoms with Crippen molar-refractivity contribution in [2.45, 2.75) is 37.5 Å². The Bertz CT molecular complexity index is 1090. The van der Waals surface area contributed by atoms with E-state index in [2.05, 4.69) is 0 Å². The average Bonchev–Trinajstić information content (AvgIpc) is 2.76. The molecular weight excluding hydrogens is 429 g/mol. The summed E-state index contributed by atoms with van der Waals surface area (Å²) < 4.78 is 43.9. The Morgan fingerprint density at radius 2 is 1.75 bits per heavy atom. The molecule has 2 amide bonds. The predicted molar refractivity (Wildman–Crippen MR) is 105 cm³/mol. The zero-order chi connectivity index (χ0) is 23.0. The third-order valence-corrected chi connectivity index (χ3v) is 5.58. The van der Waals surface area contributed by atoms with Crippen LogP contribution < -0.4 is 10.1 Å². The number of benzene rings is 2. The molecule has 2 unspecified atom stereocenters. The lowest BCUT2D eigenvalue weighted by atomic mass is 9.87. The fourth-order valence-corrected chi connectivity index (χ4v) is 4.09. The van der Waals surface area contributed by atoms with E-state index in [-0.39, 0.29) is 29.8 Å². The molecule has 10 heteroatoms. The molecule has 168 valence electrons. The van der Waals surface area contributed by atoms with Gasteiger partial charge in [-0.25, -0.2) is 0 Å². The molecule has 2 aliphatic heterocycles. The Morgan fingerprint density at radius 1 is 1.03 bits per heavy atom. The molecule has 0 aliphatic carbocycles. The van der Waals surface area contributed by atoms with Crippen LogP contribution >= 0.6 is 0 Å². The number of alkyl halides is 3. The van der Waals surface area contributed by atoms with E-state index in [1.165, 1.54) is 23.1 Å². The minimum absolute atomic E-state index is 0.103. The number of aliphatic carboxylic acids is 1. The van der Waals surface area contributed by atoms with E-state index in [0.717, 1.165) is 0 Å². The molecule has 2 N–H and O–H groups in total. The second-order valence-electron chi connectivity index (χ2n) is 7.65. The molecule has 2 heterocycles. The van der Waals surface area contributed by atoms with Gasteiger partial charge in [0, 0.05) is 23.2 Å². The third-order valence-electron chi connectivity index (χ3n) is 5.58. The van der Waals surface area contributed by atoms with Crippen molar-refractivity contribution in [1.82, 2.24) is 10.2 Å². The molecular formula is C22H19F3N2O5. The second-order valence-corrected chi connectivity index (χ2v) is 7.65. The molecule has 1 saturated heterocycles. The van der Waals surface area contributed by atoms with Crippen molar-refractivity contribution in [3.63, 3.8) is 0 Å². The summed E-state index contributed by atoms with van der Waals surface area (Å²) in [5, 5.41) is 11.7. The first kappa shape index (κ1) is 21.7. The minimum Gasteiger partial charge on any atom is -0.481 e. The SMILES string of the molecule is O=C(O)C1c2ccccc2Oc2ccc(C(=O)N3CCCCC3NC(=O)C(F)(F)F)cc21. The fourth-order valence-electron chi connectivity index (χ4n) is 4.09. The van der Waals surface area contributed by atoms with Gasteiger partial charge < -0.3 is 20.1 Å². The van der Waals surface area contributed by atoms with Crippen LogP contribution in [0, 0.1) is 0 Å². The summed E-state index contributed by atoms with van der Waals surface area (Å²) in [6.45, 7) is 0.167. The Labute approximate surface area is 180 Å². The largest absolute Gasteiger partial charge is 0.481 e. The van der Waals surface area contributed by atoms with E-state index < -0.39 is 36.0 Å². The Morgan fingerprint density at radius 3 is 2.47 bits per heavy atom. The number of fused-ring (bicyclic) bond motifs is 2. The van der Waals surface area contributed by atoms with Crippen molar-refractivity contribution in [2.24, 2.45) is 0 Å². The van der Waals surface area contributed by atoms with Gasteiger partial charge in [0.05, 0.1) is 0 Å². The van der Waals surface area contributed by atoms with Gasteiger partial charge in [-0.15, -0.1) is 0 Å². The van der Waals surface area contributed by atoms with Gasteiger partial charge in [0.25, 0.3) is 5.91 Å². The maximum atomic E-state index is 13.2. The number of ether oxygens (including phenoxy) is 1. The number of halogens is 3. The van der Waals surface area contributed by atoms with Crippen LogP contribution in [0.2, 0.25) is 0 Å². The van der Waals surface area contributed by atoms with Gasteiger partial charge in [-0.1, -0.05) is 18.2 Å². The van der Waals surface area contributed by atoms with Gasteiger partial charge in [0.1, 0.15) is 23.6 Å². The number of amides is 2. The van der Waals surface area contributed by atoms with Crippen molar-refractivity contribution in [3.05, 3.63) is 59.2 Å². The number of nitrogens with zero attached hydrogens (tertiary/aromatic N) is 1. The summed E-state index contributed by atoms with van der Waals surface area (Å²) >= 11 is 0. The molecule has 32 heavy (non-hydrogen) atoms. The summed E-state index contributed by atoms with van der Waals surface area (Å²) in [7, 11) is 0. The van der Waals surface area contributed by atoms with Crippen LogP contribution in [-0.2, 0) is 9.59 Å². The molecule has 2 atom stereocenters. The predicted octanol–water partition coefficient (Wildman–Crippen LogP) is 3.64. The summed E-state index contributed by atoms with van der Waals surface area (Å²) in [6, 6.07) is 11.0. The maximum absolute atomic E-state index is 13.2. The quantitative estimate of drug-likeness (QED) is 0.748. The number of nitrogens with one attached hydrogen (secondary N) is 1. The zero-order valence-corrected chi connectivity index (χ0v) is 16.7. The highest BCUT2D eigenvalue weighted by Crippen LogP contribution is 2.44. The Balaban J connectivity index is 1.65. The molecule has 0 aromatic heterocycles. The van der Waals surface area contributed by atoms with Crippen LogP contribution in [-0.4, -0.2) is 46.7 Å². The number of carbonyl (C=O) groups is 3. The van der Waals surface area contributed by atoms with Crippen molar-refractivity contribution >= 4 is 17.8 Å². The normalized spacial score (nSPS) is 19.9. The molecule has 2 aliphatic rings. The van der Waals surface area contributed by atoms with E-state index in [1.807, 2.05) is 5.32 Å². The number of para-hydroxylation sites is 1. The lowest BCUT2D eigenvalue weighted by molar-refractivity contribution is -0.175. The number of rotatable bonds is 3. The van der Waals surface area contributed by atoms with E-state index in [4.69, 9.17) is 4.74 Å². The summed E-state index contributed by atoms with van der Waals surface area (Å²) in [6.07, 6.45) is -4.84. The topological polar surface area (TPSA) is 95.9 Å². The molecule has 2 aromatic rings. The number of piperidine rings is 1. The van der Waals surface area contributed by atoms with Crippen LogP contribution in [0.25, 0.3) is 0 Å². The number of carboxylic acid groups (broad SMARTS) is 1. The zero-order valence-electron chi connectivity index (χ0n) is 16.7. The number of carbonyl (C=O) groups excluding carboxylic acids is 2. The standard InChI is InChI=1S/C22H19F3N2O5/c23-22(24,25)21(31)26-17-7-3-4-10-27(17)19(28)12-8-9-16-14(11-12)18(20(29)30)13-5-1-2-6-15(13)32-16/h1-2,5-6,8-9,11,17-18H,3-4,7,10H2,(H,26,31)(H,29,30). The monoisotopic (exact) mass is 448 g/mol. The highest BCUT2D eigenvalue weighted by atomic mass is 19.4. The lowest BCUT2D eigenvalue weighted by Gasteiger charge is -2.36. The van der Waals surface area contributed by atoms with Gasteiger partial charge in [-0.05, 0) is 43.5 Å². The van der Waals surface area contributed by atoms with E-state index in [0.29, 0.717) is 24.2 Å². The molecule has 0 bridgehead atoms. The second kappa shape index (κ2) is 8.18. The maximum Gasteiger partial charge on any atom is 0.471 e. The first-order valence-corrected chi connectivity index (χ1v) is 9.99. The van der Waals surface area contributed by atoms with Gasteiger partial charge in [-0.3, -0.25) is 14.4 Å². The van der Waals surface area contributed by atoms with Crippen LogP contribution in [0.5, 0.6) is 11.5 Å². The number of carboxylic acids is 1. The molecule has 7 nitrogen and oxygen atoms in total. The van der Waals surface area contributed by atoms with Crippen LogP contribution in [0.4, 0.5) is 13.2 Å². The van der Waals surface area contributed by atoms with Crippen LogP contribution in [0.3, 0.4) is 0 Å². The fraction of sp³-hybridized carbons (Fsp3) is 0.318. The smallest absolute Gasteiger partial charge is 0.471 e. The first-order valence-electron chi connectivity index (χ1n) is 9.99. The average molecular weight is 448 g/mol. The highest BCUT2D eigenvalue weighted by molar-refractivity contribution is 5.96. The molecule has 0 saturated carbocycles. The van der Waals surface area contributed by atoms with Gasteiger partial charge in [0.15, 0.2) is 0 Å². The number of hydrogen-bond donors (Lipinski definition) is 2. The summed E-state index contributed by atoms with van der Waals surface area (Å²) in [4.78, 5) is 37.8. The van der Waals surface area contributed by atoms with Crippen molar-refractivity contribution in [2.75, 3.05) is 6.54 Å². The van der Waals surface area contributed by atoms with E-state index in [9.17, 15) is 32.7 Å². The molecule has 0 spiro atoms. The van der Waals surface area contributed by atoms with Crippen LogP contribution in [0.1, 0.15) is 46.7 Å². The van der Waals surface area contributed by atoms with Crippen molar-refractivity contribution < 1.29 is 37.4 Å². The van der Waals surface area contributed by atoms with E-state index in [1.54, 1.807) is 24.3 Å². The Kier molecular flexibility index (Phi) is 5.53. The lowest BCUT2D eigenvalue weighted by Crippen LogP contribution is -2.55. The Hall–Kier alpha value is -3.56. The van der Waals surface area contributed by atoms with Gasteiger partial charge >= 0.3 is 18.1 Å². The highest BCUT2D eigenvalue weighted by Gasteiger charge is 2.42. The number of hydrogen-bond acceptors (Lipinski definition) is 4. The molecule has 2 aromatic carbocycles. The number of likely N-dealkylation sites (tertiary alicyclic amines) is 1. The van der Waals surface area contributed by atoms with Gasteiger partial charge in [-0.2, -0.15) is 13.2 Å². The van der Waals surface area contributed by atoms with Crippen LogP contribution in [0.15, 0.2) is 42.5 Å². The summed E-state index contributed by atoms with van der Waals surface area (Å²) in [5.41, 5.74) is 0.812. The molecule has 4 rings (SSSR count). The van der Waals surface area contributed by atoms with Crippen molar-refractivity contribution in [1.29, 1.82) is 0 Å². The van der Waals surface area contributed by atoms with Crippen molar-refractivity contribution in [3.8, 4) is 11.5 Å². The molecule has 0 radical (unpaired) electrons. The molecule has 1 fully saturated rings. The third kappa shape index (κ3) is 4.00. The summed E-state index contributed by atoms with van der Waals surface area (Å²) in [5.74, 6) is -4.21. The van der Waals surface area contributed by atoms with E-state index >= 15 is 0 Å². The van der Waals surface area contributed by atoms with Gasteiger partial charge in [0.2, 0.25) is 0 Å².